The smallest absolute Gasteiger partial charge is 0.185 e. The summed E-state index contributed by atoms with van der Waals surface area (Å²) < 4.78 is 10.8. The Morgan fingerprint density at radius 3 is 3.10 bits per heavy atom. The molecule has 2 heterocycles. The number of methoxy groups -OCH3 is 1. The summed E-state index contributed by atoms with van der Waals surface area (Å²) in [6.07, 6.45) is 3.71. The van der Waals surface area contributed by atoms with Crippen molar-refractivity contribution in [1.29, 1.82) is 0 Å². The van der Waals surface area contributed by atoms with Gasteiger partial charge >= 0.3 is 0 Å². The van der Waals surface area contributed by atoms with Gasteiger partial charge in [0, 0.05) is 44.3 Å². The molecule has 5 nitrogen and oxygen atoms in total. The highest BCUT2D eigenvalue weighted by atomic mass is 32.1. The van der Waals surface area contributed by atoms with E-state index in [-0.39, 0.29) is 0 Å². The van der Waals surface area contributed by atoms with Gasteiger partial charge in [0.15, 0.2) is 5.13 Å². The molecule has 0 spiro atoms. The number of thiazole rings is 1. The number of nitrogens with one attached hydrogen (secondary N) is 1. The van der Waals surface area contributed by atoms with Crippen LogP contribution < -0.4 is 10.2 Å². The molecule has 1 N–H and O–H groups in total. The normalized spacial score (nSPS) is 20.1. The molecule has 0 unspecified atom stereocenters. The zero-order valence-corrected chi connectivity index (χ0v) is 12.9. The largest absolute Gasteiger partial charge is 0.380 e. The summed E-state index contributed by atoms with van der Waals surface area (Å²) >= 11 is 1.80. The Morgan fingerprint density at radius 2 is 2.30 bits per heavy atom. The zero-order chi connectivity index (χ0) is 13.8. The SMILES string of the molecule is COCc1nc(N2CCCOCC2)sc1CNC1CC1. The summed E-state index contributed by atoms with van der Waals surface area (Å²) in [5.74, 6) is 0. The first kappa shape index (κ1) is 14.3. The molecule has 1 aromatic heterocycles. The number of rotatable bonds is 6. The summed E-state index contributed by atoms with van der Waals surface area (Å²) in [7, 11) is 1.73. The molecular weight excluding hydrogens is 274 g/mol. The highest BCUT2D eigenvalue weighted by Gasteiger charge is 2.22. The van der Waals surface area contributed by atoms with Crippen LogP contribution in [0.25, 0.3) is 0 Å². The lowest BCUT2D eigenvalue weighted by molar-refractivity contribution is 0.152. The molecule has 1 saturated heterocycles. The van der Waals surface area contributed by atoms with Gasteiger partial charge in [0.05, 0.1) is 18.9 Å². The monoisotopic (exact) mass is 297 g/mol. The van der Waals surface area contributed by atoms with Crippen LogP contribution in [0.2, 0.25) is 0 Å². The number of hydrogen-bond acceptors (Lipinski definition) is 6. The summed E-state index contributed by atoms with van der Waals surface area (Å²) in [6, 6.07) is 0.725. The van der Waals surface area contributed by atoms with Crippen molar-refractivity contribution in [3.63, 3.8) is 0 Å². The Labute approximate surface area is 124 Å². The Bertz CT molecular complexity index is 426. The minimum absolute atomic E-state index is 0.600. The molecule has 0 aromatic carbocycles. The Hall–Kier alpha value is -0.690. The van der Waals surface area contributed by atoms with Crippen LogP contribution in [0, 0.1) is 0 Å². The van der Waals surface area contributed by atoms with Crippen LogP contribution in [-0.2, 0) is 22.6 Å². The second-order valence-electron chi connectivity index (χ2n) is 5.41. The minimum atomic E-state index is 0.600. The van der Waals surface area contributed by atoms with Gasteiger partial charge in [0.1, 0.15) is 0 Å². The van der Waals surface area contributed by atoms with E-state index in [0.29, 0.717) is 6.61 Å². The minimum Gasteiger partial charge on any atom is -0.380 e. The average molecular weight is 297 g/mol. The van der Waals surface area contributed by atoms with E-state index in [0.717, 1.165) is 56.1 Å². The molecule has 1 aliphatic carbocycles. The van der Waals surface area contributed by atoms with E-state index >= 15 is 0 Å². The Kier molecular flexibility index (Phi) is 4.88. The lowest BCUT2D eigenvalue weighted by Crippen LogP contribution is -2.25. The number of aromatic nitrogens is 1. The number of anilines is 1. The first-order valence-electron chi connectivity index (χ1n) is 7.40. The quantitative estimate of drug-likeness (QED) is 0.867. The van der Waals surface area contributed by atoms with Gasteiger partial charge in [-0.05, 0) is 19.3 Å². The highest BCUT2D eigenvalue weighted by Crippen LogP contribution is 2.29. The van der Waals surface area contributed by atoms with Crippen molar-refractivity contribution in [3.05, 3.63) is 10.6 Å². The van der Waals surface area contributed by atoms with Gasteiger partial charge in [-0.1, -0.05) is 0 Å². The molecule has 1 aliphatic heterocycles. The van der Waals surface area contributed by atoms with Gasteiger partial charge in [-0.2, -0.15) is 0 Å². The molecule has 0 bridgehead atoms. The molecule has 112 valence electrons. The molecule has 0 radical (unpaired) electrons. The summed E-state index contributed by atoms with van der Waals surface area (Å²) in [5.41, 5.74) is 1.09. The van der Waals surface area contributed by atoms with Gasteiger partial charge in [-0.15, -0.1) is 11.3 Å². The van der Waals surface area contributed by atoms with Crippen molar-refractivity contribution in [3.8, 4) is 0 Å². The molecule has 2 fully saturated rings. The van der Waals surface area contributed by atoms with Crippen molar-refractivity contribution in [1.82, 2.24) is 10.3 Å². The van der Waals surface area contributed by atoms with Gasteiger partial charge in [-0.25, -0.2) is 4.98 Å². The maximum atomic E-state index is 5.52. The lowest BCUT2D eigenvalue weighted by Gasteiger charge is -2.17. The van der Waals surface area contributed by atoms with E-state index in [2.05, 4.69) is 10.2 Å². The van der Waals surface area contributed by atoms with Crippen molar-refractivity contribution >= 4 is 16.5 Å². The number of hydrogen-bond donors (Lipinski definition) is 1. The van der Waals surface area contributed by atoms with Gasteiger partial charge in [0.2, 0.25) is 0 Å². The van der Waals surface area contributed by atoms with E-state index in [4.69, 9.17) is 14.5 Å². The fourth-order valence-corrected chi connectivity index (χ4v) is 3.42. The van der Waals surface area contributed by atoms with Crippen molar-refractivity contribution in [2.75, 3.05) is 38.3 Å². The van der Waals surface area contributed by atoms with Crippen LogP contribution in [-0.4, -0.2) is 44.4 Å². The predicted molar refractivity (Wildman–Crippen MR) is 80.3 cm³/mol. The number of ether oxygens (including phenoxy) is 2. The summed E-state index contributed by atoms with van der Waals surface area (Å²) in [4.78, 5) is 8.45. The fraction of sp³-hybridized carbons (Fsp3) is 0.786. The molecule has 1 saturated carbocycles. The molecule has 2 aliphatic rings. The third-order valence-electron chi connectivity index (χ3n) is 3.67. The van der Waals surface area contributed by atoms with Crippen LogP contribution in [0.1, 0.15) is 29.8 Å². The van der Waals surface area contributed by atoms with Crippen molar-refractivity contribution in [2.24, 2.45) is 0 Å². The van der Waals surface area contributed by atoms with E-state index < -0.39 is 0 Å². The van der Waals surface area contributed by atoms with Crippen LogP contribution >= 0.6 is 11.3 Å². The van der Waals surface area contributed by atoms with Gasteiger partial charge in [0.25, 0.3) is 0 Å². The van der Waals surface area contributed by atoms with E-state index in [1.54, 1.807) is 18.4 Å². The highest BCUT2D eigenvalue weighted by molar-refractivity contribution is 7.15. The average Bonchev–Trinajstić information content (AvgIpc) is 3.24. The molecule has 1 aromatic rings. The van der Waals surface area contributed by atoms with E-state index in [9.17, 15) is 0 Å². The van der Waals surface area contributed by atoms with Crippen molar-refractivity contribution < 1.29 is 9.47 Å². The summed E-state index contributed by atoms with van der Waals surface area (Å²) in [5, 5.41) is 4.69. The molecule has 20 heavy (non-hydrogen) atoms. The van der Waals surface area contributed by atoms with E-state index in [1.807, 2.05) is 0 Å². The van der Waals surface area contributed by atoms with Crippen LogP contribution in [0.3, 0.4) is 0 Å². The maximum absolute atomic E-state index is 5.52. The molecule has 6 heteroatoms. The first-order valence-corrected chi connectivity index (χ1v) is 8.22. The molecule has 0 atom stereocenters. The van der Waals surface area contributed by atoms with Crippen molar-refractivity contribution in [2.45, 2.75) is 38.5 Å². The van der Waals surface area contributed by atoms with Gasteiger partial charge < -0.3 is 19.7 Å². The molecule has 3 rings (SSSR count). The zero-order valence-electron chi connectivity index (χ0n) is 12.1. The van der Waals surface area contributed by atoms with Crippen LogP contribution in [0.5, 0.6) is 0 Å². The van der Waals surface area contributed by atoms with Crippen LogP contribution in [0.15, 0.2) is 0 Å². The van der Waals surface area contributed by atoms with Crippen LogP contribution in [0.4, 0.5) is 5.13 Å². The Balaban J connectivity index is 1.70. The second kappa shape index (κ2) is 6.85. The lowest BCUT2D eigenvalue weighted by atomic mass is 10.3. The standard InChI is InChI=1S/C14H23N3O2S/c1-18-10-12-13(9-15-11-3-4-11)20-14(16-12)17-5-2-7-19-8-6-17/h11,15H,2-10H2,1H3. The van der Waals surface area contributed by atoms with Gasteiger partial charge in [-0.3, -0.25) is 0 Å². The topological polar surface area (TPSA) is 46.6 Å². The first-order chi connectivity index (χ1) is 9.86. The number of nitrogens with zero attached hydrogens (tertiary/aromatic N) is 2. The maximum Gasteiger partial charge on any atom is 0.185 e. The molecule has 0 amide bonds. The molecular formula is C14H23N3O2S. The third-order valence-corrected chi connectivity index (χ3v) is 4.83. The Morgan fingerprint density at radius 1 is 1.40 bits per heavy atom. The fourth-order valence-electron chi connectivity index (χ4n) is 2.35. The second-order valence-corrected chi connectivity index (χ2v) is 6.47. The summed E-state index contributed by atoms with van der Waals surface area (Å²) in [6.45, 7) is 5.16. The van der Waals surface area contributed by atoms with E-state index in [1.165, 1.54) is 17.7 Å². The third kappa shape index (κ3) is 3.69. The predicted octanol–water partition coefficient (Wildman–Crippen LogP) is 1.77.